The minimum atomic E-state index is -0.787. The topological polar surface area (TPSA) is 72.3 Å². The van der Waals surface area contributed by atoms with Crippen LogP contribution in [-0.4, -0.2) is 36.0 Å². The maximum atomic E-state index is 11.7. The summed E-state index contributed by atoms with van der Waals surface area (Å²) in [5.41, 5.74) is 11.1. The average Bonchev–Trinajstić information content (AvgIpc) is 3.17. The Morgan fingerprint density at radius 3 is 2.58 bits per heavy atom. The van der Waals surface area contributed by atoms with E-state index >= 15 is 0 Å². The summed E-state index contributed by atoms with van der Waals surface area (Å²) in [6, 6.07) is 0. The molecule has 0 spiro atoms. The molecule has 4 heteroatoms. The summed E-state index contributed by atoms with van der Waals surface area (Å²) in [6.07, 6.45) is 8.52. The Morgan fingerprint density at radius 1 is 1.26 bits per heavy atom. The highest BCUT2D eigenvalue weighted by atomic mass is 16.1. The van der Waals surface area contributed by atoms with Crippen LogP contribution in [0.5, 0.6) is 0 Å². The lowest BCUT2D eigenvalue weighted by Gasteiger charge is -2.32. The molecule has 1 saturated heterocycles. The predicted molar refractivity (Wildman–Crippen MR) is 77.5 cm³/mol. The molecule has 0 radical (unpaired) electrons. The molecule has 4 N–H and O–H groups in total. The smallest absolute Gasteiger partial charge is 0.239 e. The van der Waals surface area contributed by atoms with Crippen molar-refractivity contribution in [1.82, 2.24) is 4.90 Å². The van der Waals surface area contributed by atoms with Gasteiger partial charge in [0.1, 0.15) is 5.54 Å². The molecule has 0 aromatic carbocycles. The molecule has 1 saturated carbocycles. The van der Waals surface area contributed by atoms with Gasteiger partial charge >= 0.3 is 0 Å². The van der Waals surface area contributed by atoms with Gasteiger partial charge in [-0.3, -0.25) is 4.79 Å². The molecule has 0 aromatic rings. The summed E-state index contributed by atoms with van der Waals surface area (Å²) in [6.45, 7) is 5.06. The molecule has 1 aliphatic heterocycles. The van der Waals surface area contributed by atoms with Crippen LogP contribution in [0, 0.1) is 11.8 Å². The number of rotatable bonds is 6. The van der Waals surface area contributed by atoms with Gasteiger partial charge in [-0.25, -0.2) is 0 Å². The number of primary amides is 1. The first-order valence-electron chi connectivity index (χ1n) is 7.87. The van der Waals surface area contributed by atoms with Crippen molar-refractivity contribution in [2.75, 3.05) is 19.6 Å². The maximum Gasteiger partial charge on any atom is 0.239 e. The Hall–Kier alpha value is -0.610. The highest BCUT2D eigenvalue weighted by Gasteiger charge is 2.47. The van der Waals surface area contributed by atoms with Gasteiger partial charge in [0, 0.05) is 6.54 Å². The molecule has 1 aliphatic carbocycles. The zero-order valence-electron chi connectivity index (χ0n) is 12.2. The van der Waals surface area contributed by atoms with Crippen molar-refractivity contribution in [3.63, 3.8) is 0 Å². The second kappa shape index (κ2) is 6.23. The maximum absolute atomic E-state index is 11.7. The second-order valence-electron chi connectivity index (χ2n) is 6.54. The minimum Gasteiger partial charge on any atom is -0.368 e. The van der Waals surface area contributed by atoms with E-state index in [1.54, 1.807) is 0 Å². The Labute approximate surface area is 116 Å². The van der Waals surface area contributed by atoms with Crippen LogP contribution in [0.3, 0.4) is 0 Å². The lowest BCUT2D eigenvalue weighted by molar-refractivity contribution is -0.124. The number of amides is 1. The van der Waals surface area contributed by atoms with Crippen LogP contribution >= 0.6 is 0 Å². The van der Waals surface area contributed by atoms with E-state index in [4.69, 9.17) is 11.5 Å². The fourth-order valence-electron chi connectivity index (χ4n) is 3.46. The van der Waals surface area contributed by atoms with Gasteiger partial charge in [-0.15, -0.1) is 0 Å². The summed E-state index contributed by atoms with van der Waals surface area (Å²) in [5.74, 6) is 0.862. The Bertz CT molecular complexity index is 317. The lowest BCUT2D eigenvalue weighted by atomic mass is 9.92. The van der Waals surface area contributed by atoms with E-state index in [9.17, 15) is 4.79 Å². The lowest BCUT2D eigenvalue weighted by Crippen LogP contribution is -2.60. The van der Waals surface area contributed by atoms with Crippen LogP contribution in [0.15, 0.2) is 0 Å². The van der Waals surface area contributed by atoms with Crippen molar-refractivity contribution >= 4 is 5.91 Å². The van der Waals surface area contributed by atoms with E-state index in [1.165, 1.54) is 32.1 Å². The van der Waals surface area contributed by atoms with Gasteiger partial charge < -0.3 is 16.4 Å². The molecular weight excluding hydrogens is 238 g/mol. The Morgan fingerprint density at radius 2 is 2.00 bits per heavy atom. The Kier molecular flexibility index (Phi) is 4.85. The Balaban J connectivity index is 1.89. The molecule has 1 amide bonds. The largest absolute Gasteiger partial charge is 0.368 e. The summed E-state index contributed by atoms with van der Waals surface area (Å²) >= 11 is 0. The fourth-order valence-corrected chi connectivity index (χ4v) is 3.46. The summed E-state index contributed by atoms with van der Waals surface area (Å²) in [4.78, 5) is 14.1. The number of likely N-dealkylation sites (tertiary alicyclic amines) is 1. The number of nitrogens with zero attached hydrogens (tertiary/aromatic N) is 1. The van der Waals surface area contributed by atoms with Crippen LogP contribution in [0.25, 0.3) is 0 Å². The number of nitrogens with two attached hydrogens (primary N) is 2. The van der Waals surface area contributed by atoms with E-state index < -0.39 is 5.54 Å². The molecule has 0 bridgehead atoms. The zero-order valence-corrected chi connectivity index (χ0v) is 12.2. The molecule has 2 atom stereocenters. The van der Waals surface area contributed by atoms with Crippen molar-refractivity contribution in [1.29, 1.82) is 0 Å². The van der Waals surface area contributed by atoms with Gasteiger partial charge in [0.15, 0.2) is 0 Å². The third kappa shape index (κ3) is 3.69. The van der Waals surface area contributed by atoms with Crippen molar-refractivity contribution in [2.45, 2.75) is 57.4 Å². The monoisotopic (exact) mass is 267 g/mol. The molecule has 4 nitrogen and oxygen atoms in total. The molecule has 1 heterocycles. The minimum absolute atomic E-state index is 0.315. The highest BCUT2D eigenvalue weighted by molar-refractivity contribution is 5.85. The molecular formula is C15H29N3O. The predicted octanol–water partition coefficient (Wildman–Crippen LogP) is 1.48. The first kappa shape index (κ1) is 14.8. The number of hydrogen-bond acceptors (Lipinski definition) is 3. The average molecular weight is 267 g/mol. The molecule has 2 rings (SSSR count). The van der Waals surface area contributed by atoms with E-state index in [-0.39, 0.29) is 5.91 Å². The van der Waals surface area contributed by atoms with Crippen LogP contribution in [0.2, 0.25) is 0 Å². The zero-order chi connectivity index (χ0) is 13.9. The third-order valence-corrected chi connectivity index (χ3v) is 4.89. The number of carbonyl (C=O) groups is 1. The third-order valence-electron chi connectivity index (χ3n) is 4.89. The van der Waals surface area contributed by atoms with Gasteiger partial charge in [-0.05, 0) is 57.0 Å². The molecule has 2 unspecified atom stereocenters. The van der Waals surface area contributed by atoms with Crippen LogP contribution in [0.1, 0.15) is 51.9 Å². The quantitative estimate of drug-likeness (QED) is 0.765. The van der Waals surface area contributed by atoms with Crippen LogP contribution < -0.4 is 11.5 Å². The van der Waals surface area contributed by atoms with Crippen molar-refractivity contribution < 1.29 is 4.79 Å². The SMILES string of the molecule is CCCC1CCCN(CC(N)(C(N)=O)C2CC2)CC1. The van der Waals surface area contributed by atoms with E-state index in [2.05, 4.69) is 11.8 Å². The first-order valence-corrected chi connectivity index (χ1v) is 7.87. The summed E-state index contributed by atoms with van der Waals surface area (Å²) in [7, 11) is 0. The first-order chi connectivity index (χ1) is 9.06. The van der Waals surface area contributed by atoms with E-state index in [1.807, 2.05) is 0 Å². The van der Waals surface area contributed by atoms with Crippen molar-refractivity contribution in [2.24, 2.45) is 23.3 Å². The van der Waals surface area contributed by atoms with Gasteiger partial charge in [0.05, 0.1) is 0 Å². The van der Waals surface area contributed by atoms with Crippen molar-refractivity contribution in [3.05, 3.63) is 0 Å². The van der Waals surface area contributed by atoms with Crippen LogP contribution in [0.4, 0.5) is 0 Å². The molecule has 110 valence electrons. The molecule has 0 aromatic heterocycles. The number of hydrogen-bond donors (Lipinski definition) is 2. The molecule has 2 fully saturated rings. The van der Waals surface area contributed by atoms with Gasteiger partial charge in [-0.1, -0.05) is 19.8 Å². The molecule has 2 aliphatic rings. The van der Waals surface area contributed by atoms with E-state index in [0.717, 1.165) is 31.8 Å². The second-order valence-corrected chi connectivity index (χ2v) is 6.54. The van der Waals surface area contributed by atoms with Crippen molar-refractivity contribution in [3.8, 4) is 0 Å². The number of carbonyl (C=O) groups excluding carboxylic acids is 1. The van der Waals surface area contributed by atoms with Gasteiger partial charge in [0.25, 0.3) is 0 Å². The molecule has 19 heavy (non-hydrogen) atoms. The standard InChI is InChI=1S/C15H29N3O/c1-2-4-12-5-3-9-18(10-8-12)11-15(17,14(16)19)13-6-7-13/h12-13H,2-11,17H2,1H3,(H2,16,19). The van der Waals surface area contributed by atoms with E-state index in [0.29, 0.717) is 12.5 Å². The van der Waals surface area contributed by atoms with Gasteiger partial charge in [-0.2, -0.15) is 0 Å². The van der Waals surface area contributed by atoms with Crippen LogP contribution in [-0.2, 0) is 4.79 Å². The highest BCUT2D eigenvalue weighted by Crippen LogP contribution is 2.39. The normalized spacial score (nSPS) is 28.6. The summed E-state index contributed by atoms with van der Waals surface area (Å²) < 4.78 is 0. The van der Waals surface area contributed by atoms with Gasteiger partial charge in [0.2, 0.25) is 5.91 Å². The summed E-state index contributed by atoms with van der Waals surface area (Å²) in [5, 5.41) is 0. The fraction of sp³-hybridized carbons (Fsp3) is 0.933.